The normalized spacial score (nSPS) is 13.5. The summed E-state index contributed by atoms with van der Waals surface area (Å²) in [4.78, 5) is 23.3. The van der Waals surface area contributed by atoms with Crippen molar-refractivity contribution in [2.24, 2.45) is 0 Å². The first-order valence-electron chi connectivity index (χ1n) is 6.76. The minimum atomic E-state index is -1.05. The zero-order valence-electron chi connectivity index (χ0n) is 11.8. The quantitative estimate of drug-likeness (QED) is 0.724. The lowest BCUT2D eigenvalue weighted by molar-refractivity contribution is -0.141. The molecule has 1 unspecified atom stereocenters. The van der Waals surface area contributed by atoms with E-state index in [4.69, 9.17) is 0 Å². The molecule has 0 saturated heterocycles. The number of carboxylic acids is 1. The van der Waals surface area contributed by atoms with Gasteiger partial charge >= 0.3 is 5.97 Å². The number of carbonyl (C=O) groups excluding carboxylic acids is 1. The van der Waals surface area contributed by atoms with Gasteiger partial charge in [-0.1, -0.05) is 43.7 Å². The van der Waals surface area contributed by atoms with Crippen LogP contribution in [-0.4, -0.2) is 28.0 Å². The van der Waals surface area contributed by atoms with Crippen molar-refractivity contribution in [1.82, 2.24) is 5.32 Å². The summed E-state index contributed by atoms with van der Waals surface area (Å²) in [5.74, 6) is -0.369. The van der Waals surface area contributed by atoms with Crippen LogP contribution < -0.4 is 5.32 Å². The fraction of sp³-hybridized carbons (Fsp3) is 0.467. The zero-order chi connectivity index (χ0) is 15.0. The first kappa shape index (κ1) is 16.6. The van der Waals surface area contributed by atoms with Crippen LogP contribution in [0.15, 0.2) is 30.3 Å². The second-order valence-corrected chi connectivity index (χ2v) is 6.01. The number of carboxylic acid groups (broad SMARTS) is 1. The van der Waals surface area contributed by atoms with E-state index in [0.717, 1.165) is 18.6 Å². The lowest BCUT2D eigenvalue weighted by Gasteiger charge is -2.18. The molecule has 0 aromatic heterocycles. The second-order valence-electron chi connectivity index (χ2n) is 4.56. The van der Waals surface area contributed by atoms with E-state index in [1.54, 1.807) is 43.0 Å². The summed E-state index contributed by atoms with van der Waals surface area (Å²) in [7, 11) is 0. The monoisotopic (exact) mass is 295 g/mol. The molecule has 4 nitrogen and oxygen atoms in total. The van der Waals surface area contributed by atoms with Crippen LogP contribution in [0.4, 0.5) is 0 Å². The molecule has 2 N–H and O–H groups in total. The van der Waals surface area contributed by atoms with Crippen molar-refractivity contribution in [3.63, 3.8) is 0 Å². The molecule has 0 spiro atoms. The third-order valence-corrected chi connectivity index (χ3v) is 4.14. The number of thioether (sulfide) groups is 1. The topological polar surface area (TPSA) is 66.4 Å². The molecule has 0 bridgehead atoms. The van der Waals surface area contributed by atoms with Gasteiger partial charge in [0.2, 0.25) is 5.91 Å². The molecule has 0 fully saturated rings. The maximum absolute atomic E-state index is 12.0. The Morgan fingerprint density at radius 2 is 1.95 bits per heavy atom. The number of aliphatic carboxylic acids is 1. The minimum absolute atomic E-state index is 0.234. The maximum Gasteiger partial charge on any atom is 0.330 e. The highest BCUT2D eigenvalue weighted by Gasteiger charge is 2.24. The fourth-order valence-electron chi connectivity index (χ4n) is 1.67. The van der Waals surface area contributed by atoms with E-state index >= 15 is 0 Å². The van der Waals surface area contributed by atoms with Gasteiger partial charge in [0.15, 0.2) is 6.04 Å². The Bertz CT molecular complexity index is 436. The van der Waals surface area contributed by atoms with E-state index in [9.17, 15) is 14.7 Å². The van der Waals surface area contributed by atoms with Crippen LogP contribution in [0.25, 0.3) is 0 Å². The van der Waals surface area contributed by atoms with Crippen LogP contribution in [0.5, 0.6) is 0 Å². The van der Waals surface area contributed by atoms with E-state index in [0.29, 0.717) is 5.56 Å². The molecular weight excluding hydrogens is 274 g/mol. The molecule has 20 heavy (non-hydrogen) atoms. The van der Waals surface area contributed by atoms with Gasteiger partial charge in [0.1, 0.15) is 0 Å². The average molecular weight is 295 g/mol. The maximum atomic E-state index is 12.0. The van der Waals surface area contributed by atoms with E-state index < -0.39 is 12.0 Å². The first-order valence-corrected chi connectivity index (χ1v) is 7.80. The van der Waals surface area contributed by atoms with E-state index in [-0.39, 0.29) is 11.2 Å². The van der Waals surface area contributed by atoms with E-state index in [2.05, 4.69) is 12.2 Å². The van der Waals surface area contributed by atoms with Gasteiger partial charge in [0.25, 0.3) is 0 Å². The third-order valence-electron chi connectivity index (χ3n) is 2.90. The Morgan fingerprint density at radius 3 is 2.50 bits per heavy atom. The number of hydrogen-bond acceptors (Lipinski definition) is 3. The fourth-order valence-corrected chi connectivity index (χ4v) is 2.70. The van der Waals surface area contributed by atoms with Gasteiger partial charge in [-0.25, -0.2) is 4.79 Å². The highest BCUT2D eigenvalue weighted by atomic mass is 32.2. The molecule has 1 aromatic rings. The number of nitrogens with one attached hydrogen (secondary N) is 1. The van der Waals surface area contributed by atoms with Crippen LogP contribution in [0.1, 0.15) is 38.3 Å². The molecule has 0 saturated carbocycles. The molecule has 110 valence electrons. The molecule has 1 aromatic carbocycles. The summed E-state index contributed by atoms with van der Waals surface area (Å²) in [6, 6.07) is 7.75. The Morgan fingerprint density at radius 1 is 1.30 bits per heavy atom. The Hall–Kier alpha value is -1.49. The summed E-state index contributed by atoms with van der Waals surface area (Å²) in [5, 5.41) is 11.6. The van der Waals surface area contributed by atoms with Crippen LogP contribution in [-0.2, 0) is 9.59 Å². The second kappa shape index (κ2) is 8.64. The predicted octanol–water partition coefficient (Wildman–Crippen LogP) is 2.85. The Labute approximate surface area is 124 Å². The first-order chi connectivity index (χ1) is 9.56. The highest BCUT2D eigenvalue weighted by molar-refractivity contribution is 8.00. The van der Waals surface area contributed by atoms with Gasteiger partial charge < -0.3 is 10.4 Å². The van der Waals surface area contributed by atoms with Crippen molar-refractivity contribution in [3.8, 4) is 0 Å². The lowest BCUT2D eigenvalue weighted by atomic mass is 10.1. The Kier molecular flexibility index (Phi) is 7.15. The van der Waals surface area contributed by atoms with E-state index in [1.807, 2.05) is 6.07 Å². The number of rotatable bonds is 8. The summed E-state index contributed by atoms with van der Waals surface area (Å²) in [6.07, 6.45) is 2.15. The van der Waals surface area contributed by atoms with Gasteiger partial charge in [-0.15, -0.1) is 11.8 Å². The molecule has 0 aliphatic carbocycles. The van der Waals surface area contributed by atoms with Crippen molar-refractivity contribution < 1.29 is 14.7 Å². The van der Waals surface area contributed by atoms with Gasteiger partial charge in [0.05, 0.1) is 5.25 Å². The van der Waals surface area contributed by atoms with Crippen molar-refractivity contribution in [2.45, 2.75) is 38.0 Å². The molecule has 2 atom stereocenters. The predicted molar refractivity (Wildman–Crippen MR) is 81.8 cm³/mol. The van der Waals surface area contributed by atoms with Crippen molar-refractivity contribution in [2.75, 3.05) is 5.75 Å². The number of carbonyl (C=O) groups is 2. The number of unbranched alkanes of at least 4 members (excludes halogenated alkanes) is 1. The van der Waals surface area contributed by atoms with Crippen LogP contribution >= 0.6 is 11.8 Å². The SMILES string of the molecule is CCCCSC(C)C(=O)N[C@@H](C(=O)O)c1ccccc1. The minimum Gasteiger partial charge on any atom is -0.479 e. The van der Waals surface area contributed by atoms with E-state index in [1.165, 1.54) is 0 Å². The molecule has 1 amide bonds. The summed E-state index contributed by atoms with van der Waals surface area (Å²) < 4.78 is 0. The number of amides is 1. The molecule has 0 heterocycles. The van der Waals surface area contributed by atoms with Gasteiger partial charge in [0, 0.05) is 0 Å². The summed E-state index contributed by atoms with van der Waals surface area (Å²) >= 11 is 1.55. The van der Waals surface area contributed by atoms with Crippen molar-refractivity contribution >= 4 is 23.6 Å². The van der Waals surface area contributed by atoms with Gasteiger partial charge in [-0.05, 0) is 24.7 Å². The number of hydrogen-bond donors (Lipinski definition) is 2. The Balaban J connectivity index is 2.62. The van der Waals surface area contributed by atoms with Crippen LogP contribution in [0.2, 0.25) is 0 Å². The largest absolute Gasteiger partial charge is 0.479 e. The standard InChI is InChI=1S/C15H21NO3S/c1-3-4-10-20-11(2)14(17)16-13(15(18)19)12-8-6-5-7-9-12/h5-9,11,13H,3-4,10H2,1-2H3,(H,16,17)(H,18,19)/t11?,13-/m1/s1. The lowest BCUT2D eigenvalue weighted by Crippen LogP contribution is -2.38. The molecule has 0 radical (unpaired) electrons. The zero-order valence-corrected chi connectivity index (χ0v) is 12.7. The molecule has 1 rings (SSSR count). The highest BCUT2D eigenvalue weighted by Crippen LogP contribution is 2.17. The average Bonchev–Trinajstić information content (AvgIpc) is 2.45. The molecule has 0 aliphatic rings. The van der Waals surface area contributed by atoms with Gasteiger partial charge in [-0.2, -0.15) is 0 Å². The smallest absolute Gasteiger partial charge is 0.330 e. The molecular formula is C15H21NO3S. The van der Waals surface area contributed by atoms with Gasteiger partial charge in [-0.3, -0.25) is 4.79 Å². The summed E-state index contributed by atoms with van der Waals surface area (Å²) in [5.41, 5.74) is 0.583. The number of benzene rings is 1. The van der Waals surface area contributed by atoms with Crippen molar-refractivity contribution in [1.29, 1.82) is 0 Å². The third kappa shape index (κ3) is 5.25. The van der Waals surface area contributed by atoms with Crippen molar-refractivity contribution in [3.05, 3.63) is 35.9 Å². The summed E-state index contributed by atoms with van der Waals surface area (Å²) in [6.45, 7) is 3.90. The molecule has 0 aliphatic heterocycles. The van der Waals surface area contributed by atoms with Crippen LogP contribution in [0, 0.1) is 0 Å². The molecule has 5 heteroatoms. The van der Waals surface area contributed by atoms with Crippen LogP contribution in [0.3, 0.4) is 0 Å².